The van der Waals surface area contributed by atoms with Crippen LogP contribution in [0, 0.1) is 6.92 Å². The van der Waals surface area contributed by atoms with Crippen LogP contribution in [0.4, 0.5) is 0 Å². The molecule has 1 heterocycles. The molecule has 0 spiro atoms. The Labute approximate surface area is 114 Å². The third-order valence-electron chi connectivity index (χ3n) is 3.05. The van der Waals surface area contributed by atoms with Gasteiger partial charge in [0, 0.05) is 30.4 Å². The Morgan fingerprint density at radius 2 is 1.95 bits per heavy atom. The van der Waals surface area contributed by atoms with Crippen molar-refractivity contribution < 1.29 is 4.74 Å². The third kappa shape index (κ3) is 3.80. The van der Waals surface area contributed by atoms with Crippen molar-refractivity contribution in [3.63, 3.8) is 0 Å². The Balaban J connectivity index is 2.00. The topological polar surface area (TPSA) is 48.1 Å². The zero-order valence-electron chi connectivity index (χ0n) is 11.5. The molecule has 1 unspecified atom stereocenters. The van der Waals surface area contributed by atoms with E-state index in [-0.39, 0.29) is 6.04 Å². The van der Waals surface area contributed by atoms with E-state index in [1.165, 1.54) is 11.1 Å². The number of aryl methyl sites for hydroxylation is 1. The molecule has 0 aliphatic carbocycles. The molecular formula is C16H20N2O. The van der Waals surface area contributed by atoms with E-state index in [9.17, 15) is 0 Å². The van der Waals surface area contributed by atoms with Crippen LogP contribution in [-0.2, 0) is 6.42 Å². The molecule has 3 nitrogen and oxygen atoms in total. The second-order valence-corrected chi connectivity index (χ2v) is 4.78. The second kappa shape index (κ2) is 6.34. The number of hydrogen-bond donors (Lipinski definition) is 1. The lowest BCUT2D eigenvalue weighted by atomic mass is 10.1. The van der Waals surface area contributed by atoms with Gasteiger partial charge in [-0.3, -0.25) is 4.98 Å². The Kier molecular flexibility index (Phi) is 4.53. The zero-order valence-corrected chi connectivity index (χ0v) is 11.5. The normalized spacial score (nSPS) is 12.2. The molecule has 0 amide bonds. The van der Waals surface area contributed by atoms with E-state index in [0.717, 1.165) is 17.7 Å². The number of pyridine rings is 1. The molecule has 19 heavy (non-hydrogen) atoms. The molecule has 0 saturated carbocycles. The Bertz CT molecular complexity index is 524. The van der Waals surface area contributed by atoms with E-state index < -0.39 is 0 Å². The number of nitrogens with zero attached hydrogens (tertiary/aromatic N) is 1. The third-order valence-corrected chi connectivity index (χ3v) is 3.05. The Morgan fingerprint density at radius 1 is 1.21 bits per heavy atom. The highest BCUT2D eigenvalue weighted by Gasteiger charge is 2.08. The summed E-state index contributed by atoms with van der Waals surface area (Å²) >= 11 is 0. The monoisotopic (exact) mass is 256 g/mol. The van der Waals surface area contributed by atoms with Crippen molar-refractivity contribution in [2.45, 2.75) is 26.3 Å². The fourth-order valence-electron chi connectivity index (χ4n) is 1.98. The van der Waals surface area contributed by atoms with Gasteiger partial charge in [0.05, 0.1) is 6.61 Å². The number of hydrogen-bond acceptors (Lipinski definition) is 3. The lowest BCUT2D eigenvalue weighted by Gasteiger charge is -2.14. The molecule has 0 radical (unpaired) electrons. The van der Waals surface area contributed by atoms with Crippen molar-refractivity contribution in [3.8, 4) is 5.75 Å². The van der Waals surface area contributed by atoms with Crippen molar-refractivity contribution in [3.05, 3.63) is 59.4 Å². The van der Waals surface area contributed by atoms with Crippen LogP contribution >= 0.6 is 0 Å². The average Bonchev–Trinajstić information content (AvgIpc) is 2.41. The summed E-state index contributed by atoms with van der Waals surface area (Å²) in [6.45, 7) is 4.68. The van der Waals surface area contributed by atoms with Crippen LogP contribution in [0.5, 0.6) is 5.75 Å². The molecule has 2 N–H and O–H groups in total. The molecule has 0 bridgehead atoms. The van der Waals surface area contributed by atoms with Gasteiger partial charge < -0.3 is 10.5 Å². The number of nitrogens with two attached hydrogens (primary N) is 1. The van der Waals surface area contributed by atoms with E-state index in [1.807, 2.05) is 31.2 Å². The van der Waals surface area contributed by atoms with Gasteiger partial charge in [0.1, 0.15) is 5.75 Å². The van der Waals surface area contributed by atoms with Crippen molar-refractivity contribution in [1.82, 2.24) is 4.98 Å². The van der Waals surface area contributed by atoms with E-state index >= 15 is 0 Å². The van der Waals surface area contributed by atoms with Crippen LogP contribution in [0.2, 0.25) is 0 Å². The smallest absolute Gasteiger partial charge is 0.124 e. The van der Waals surface area contributed by atoms with Crippen LogP contribution in [0.3, 0.4) is 0 Å². The van der Waals surface area contributed by atoms with E-state index in [1.54, 1.807) is 12.4 Å². The molecule has 0 aliphatic heterocycles. The molecule has 1 atom stereocenters. The van der Waals surface area contributed by atoms with E-state index in [2.05, 4.69) is 18.0 Å². The minimum Gasteiger partial charge on any atom is -0.493 e. The molecule has 100 valence electrons. The maximum atomic E-state index is 5.98. The van der Waals surface area contributed by atoms with Gasteiger partial charge in [-0.05, 0) is 37.6 Å². The highest BCUT2D eigenvalue weighted by Crippen LogP contribution is 2.25. The average molecular weight is 256 g/mol. The fourth-order valence-corrected chi connectivity index (χ4v) is 1.98. The summed E-state index contributed by atoms with van der Waals surface area (Å²) in [4.78, 5) is 4.00. The molecule has 1 aromatic carbocycles. The standard InChI is InChI=1S/C16H20N2O/c1-12-3-4-16(15(11-12)13(2)17)19-10-7-14-5-8-18-9-6-14/h3-6,8-9,11,13H,7,10,17H2,1-2H3. The van der Waals surface area contributed by atoms with Crippen molar-refractivity contribution >= 4 is 0 Å². The summed E-state index contributed by atoms with van der Waals surface area (Å²) in [5.74, 6) is 0.884. The number of benzene rings is 1. The van der Waals surface area contributed by atoms with Gasteiger partial charge in [-0.2, -0.15) is 0 Å². The molecule has 1 aromatic heterocycles. The van der Waals surface area contributed by atoms with Gasteiger partial charge in [-0.15, -0.1) is 0 Å². The lowest BCUT2D eigenvalue weighted by Crippen LogP contribution is -2.10. The van der Waals surface area contributed by atoms with Crippen molar-refractivity contribution in [1.29, 1.82) is 0 Å². The van der Waals surface area contributed by atoms with Crippen LogP contribution in [0.1, 0.15) is 29.7 Å². The van der Waals surface area contributed by atoms with E-state index in [0.29, 0.717) is 6.61 Å². The predicted molar refractivity (Wildman–Crippen MR) is 77.2 cm³/mol. The highest BCUT2D eigenvalue weighted by molar-refractivity contribution is 5.38. The van der Waals surface area contributed by atoms with Gasteiger partial charge in [0.25, 0.3) is 0 Å². The summed E-state index contributed by atoms with van der Waals surface area (Å²) < 4.78 is 5.86. The molecule has 0 aliphatic rings. The maximum Gasteiger partial charge on any atom is 0.124 e. The second-order valence-electron chi connectivity index (χ2n) is 4.78. The Morgan fingerprint density at radius 3 is 2.63 bits per heavy atom. The predicted octanol–water partition coefficient (Wildman–Crippen LogP) is 3.03. The maximum absolute atomic E-state index is 5.98. The van der Waals surface area contributed by atoms with Crippen LogP contribution < -0.4 is 10.5 Å². The first-order chi connectivity index (χ1) is 9.16. The minimum absolute atomic E-state index is 0.0178. The molecule has 2 rings (SSSR count). The number of rotatable bonds is 5. The summed E-state index contributed by atoms with van der Waals surface area (Å²) in [6, 6.07) is 10.1. The first-order valence-electron chi connectivity index (χ1n) is 6.54. The number of ether oxygens (including phenoxy) is 1. The number of aromatic nitrogens is 1. The molecular weight excluding hydrogens is 236 g/mol. The SMILES string of the molecule is Cc1ccc(OCCc2ccncc2)c(C(C)N)c1. The quantitative estimate of drug-likeness (QED) is 0.894. The lowest BCUT2D eigenvalue weighted by molar-refractivity contribution is 0.317. The summed E-state index contributed by atoms with van der Waals surface area (Å²) in [5.41, 5.74) is 9.47. The summed E-state index contributed by atoms with van der Waals surface area (Å²) in [6.07, 6.45) is 4.47. The first kappa shape index (κ1) is 13.6. The van der Waals surface area contributed by atoms with Crippen molar-refractivity contribution in [2.24, 2.45) is 5.73 Å². The van der Waals surface area contributed by atoms with Gasteiger partial charge >= 0.3 is 0 Å². The van der Waals surface area contributed by atoms with Crippen LogP contribution in [0.25, 0.3) is 0 Å². The highest BCUT2D eigenvalue weighted by atomic mass is 16.5. The van der Waals surface area contributed by atoms with E-state index in [4.69, 9.17) is 10.5 Å². The van der Waals surface area contributed by atoms with Gasteiger partial charge in [-0.1, -0.05) is 17.7 Å². The molecule has 2 aromatic rings. The zero-order chi connectivity index (χ0) is 13.7. The largest absolute Gasteiger partial charge is 0.493 e. The summed E-state index contributed by atoms with van der Waals surface area (Å²) in [7, 11) is 0. The van der Waals surface area contributed by atoms with Gasteiger partial charge in [0.15, 0.2) is 0 Å². The summed E-state index contributed by atoms with van der Waals surface area (Å²) in [5, 5.41) is 0. The van der Waals surface area contributed by atoms with Gasteiger partial charge in [-0.25, -0.2) is 0 Å². The molecule has 3 heteroatoms. The fraction of sp³-hybridized carbons (Fsp3) is 0.312. The molecule has 0 saturated heterocycles. The van der Waals surface area contributed by atoms with Gasteiger partial charge in [0.2, 0.25) is 0 Å². The minimum atomic E-state index is -0.0178. The molecule has 0 fully saturated rings. The first-order valence-corrected chi connectivity index (χ1v) is 6.54. The van der Waals surface area contributed by atoms with Crippen molar-refractivity contribution in [2.75, 3.05) is 6.61 Å². The van der Waals surface area contributed by atoms with Crippen LogP contribution in [-0.4, -0.2) is 11.6 Å². The van der Waals surface area contributed by atoms with Crippen LogP contribution in [0.15, 0.2) is 42.7 Å². The Hall–Kier alpha value is -1.87.